The van der Waals surface area contributed by atoms with Crippen LogP contribution in [0.5, 0.6) is 0 Å². The van der Waals surface area contributed by atoms with Gasteiger partial charge in [-0.2, -0.15) is 0 Å². The van der Waals surface area contributed by atoms with Crippen molar-refractivity contribution < 1.29 is 9.21 Å². The minimum absolute atomic E-state index is 0.304. The van der Waals surface area contributed by atoms with E-state index in [0.717, 1.165) is 13.0 Å². The van der Waals surface area contributed by atoms with Crippen molar-refractivity contribution in [2.45, 2.75) is 32.7 Å². The Balaban J connectivity index is 2.18. The molecule has 0 aromatic carbocycles. The van der Waals surface area contributed by atoms with Crippen LogP contribution in [-0.2, 0) is 11.3 Å². The molecule has 0 aliphatic carbocycles. The van der Waals surface area contributed by atoms with Gasteiger partial charge in [0.1, 0.15) is 0 Å². The highest BCUT2D eigenvalue weighted by molar-refractivity contribution is 5.73. The molecular formula is C10H19N5O2. The maximum absolute atomic E-state index is 10.5. The molecule has 0 radical (unpaired) electrons. The number of anilines is 1. The van der Waals surface area contributed by atoms with Crippen LogP contribution in [0.3, 0.4) is 0 Å². The second-order valence-electron chi connectivity index (χ2n) is 3.67. The second-order valence-corrected chi connectivity index (χ2v) is 3.67. The van der Waals surface area contributed by atoms with E-state index in [1.54, 1.807) is 0 Å². The number of carbonyl (C=O) groups is 1. The topological polar surface area (TPSA) is 106 Å². The Kier molecular flexibility index (Phi) is 6.02. The number of nitrogens with zero attached hydrogens (tertiary/aromatic N) is 2. The maximum atomic E-state index is 10.5. The summed E-state index contributed by atoms with van der Waals surface area (Å²) in [5.41, 5.74) is 5.02. The predicted octanol–water partition coefficient (Wildman–Crippen LogP) is 0.247. The molecule has 1 aromatic rings. The summed E-state index contributed by atoms with van der Waals surface area (Å²) in [6, 6.07) is 0.378. The Morgan fingerprint density at radius 1 is 1.41 bits per heavy atom. The van der Waals surface area contributed by atoms with Crippen molar-refractivity contribution in [1.82, 2.24) is 15.5 Å². The third kappa shape index (κ3) is 5.86. The van der Waals surface area contributed by atoms with Crippen LogP contribution in [0.25, 0.3) is 0 Å². The lowest BCUT2D eigenvalue weighted by Gasteiger charge is -1.99. The fourth-order valence-corrected chi connectivity index (χ4v) is 1.23. The van der Waals surface area contributed by atoms with Crippen LogP contribution < -0.4 is 16.4 Å². The third-order valence-electron chi connectivity index (χ3n) is 2.05. The Morgan fingerprint density at radius 3 is 2.94 bits per heavy atom. The van der Waals surface area contributed by atoms with Crippen molar-refractivity contribution in [3.63, 3.8) is 0 Å². The average Bonchev–Trinajstić information content (AvgIpc) is 2.73. The molecule has 0 aliphatic heterocycles. The SMILES string of the molecule is CCCNCc1nnc(NCCCC(N)=O)o1. The van der Waals surface area contributed by atoms with Crippen molar-refractivity contribution in [2.24, 2.45) is 5.73 Å². The van der Waals surface area contributed by atoms with Crippen LogP contribution in [-0.4, -0.2) is 29.2 Å². The van der Waals surface area contributed by atoms with E-state index in [4.69, 9.17) is 10.2 Å². The van der Waals surface area contributed by atoms with E-state index in [2.05, 4.69) is 27.8 Å². The largest absolute Gasteiger partial charge is 0.407 e. The van der Waals surface area contributed by atoms with Crippen LogP contribution in [0.4, 0.5) is 6.01 Å². The number of amides is 1. The summed E-state index contributed by atoms with van der Waals surface area (Å²) in [6.45, 7) is 4.17. The molecule has 0 bridgehead atoms. The first-order valence-electron chi connectivity index (χ1n) is 5.77. The first-order chi connectivity index (χ1) is 8.22. The van der Waals surface area contributed by atoms with E-state index in [0.29, 0.717) is 37.8 Å². The molecule has 17 heavy (non-hydrogen) atoms. The minimum Gasteiger partial charge on any atom is -0.407 e. The summed E-state index contributed by atoms with van der Waals surface area (Å²) in [5.74, 6) is 0.248. The van der Waals surface area contributed by atoms with Gasteiger partial charge < -0.3 is 20.8 Å². The van der Waals surface area contributed by atoms with Crippen molar-refractivity contribution >= 4 is 11.9 Å². The van der Waals surface area contributed by atoms with Gasteiger partial charge in [0.2, 0.25) is 11.8 Å². The van der Waals surface area contributed by atoms with Gasteiger partial charge in [0, 0.05) is 13.0 Å². The van der Waals surface area contributed by atoms with Crippen molar-refractivity contribution in [1.29, 1.82) is 0 Å². The van der Waals surface area contributed by atoms with Gasteiger partial charge in [0.25, 0.3) is 0 Å². The lowest BCUT2D eigenvalue weighted by Crippen LogP contribution is -2.13. The minimum atomic E-state index is -0.304. The number of hydrogen-bond donors (Lipinski definition) is 3. The molecule has 0 unspecified atom stereocenters. The molecule has 0 aliphatic rings. The Morgan fingerprint density at radius 2 is 2.24 bits per heavy atom. The van der Waals surface area contributed by atoms with Crippen LogP contribution in [0.1, 0.15) is 32.1 Å². The van der Waals surface area contributed by atoms with Crippen molar-refractivity contribution in [3.05, 3.63) is 5.89 Å². The molecule has 0 saturated heterocycles. The number of carbonyl (C=O) groups excluding carboxylic acids is 1. The lowest BCUT2D eigenvalue weighted by molar-refractivity contribution is -0.118. The summed E-state index contributed by atoms with van der Waals surface area (Å²) in [5, 5.41) is 13.8. The molecule has 0 spiro atoms. The number of nitrogens with two attached hydrogens (primary N) is 1. The smallest absolute Gasteiger partial charge is 0.315 e. The molecule has 0 atom stereocenters. The van der Waals surface area contributed by atoms with Crippen molar-refractivity contribution in [2.75, 3.05) is 18.4 Å². The van der Waals surface area contributed by atoms with E-state index in [1.165, 1.54) is 0 Å². The molecule has 7 heteroatoms. The molecule has 1 rings (SSSR count). The van der Waals surface area contributed by atoms with Gasteiger partial charge in [-0.1, -0.05) is 12.0 Å². The molecule has 1 aromatic heterocycles. The fraction of sp³-hybridized carbons (Fsp3) is 0.700. The normalized spacial score (nSPS) is 10.4. The van der Waals surface area contributed by atoms with Gasteiger partial charge in [-0.3, -0.25) is 4.79 Å². The standard InChI is InChI=1S/C10H19N5O2/c1-2-5-12-7-9-14-15-10(17-9)13-6-3-4-8(11)16/h12H,2-7H2,1H3,(H2,11,16)(H,13,15). The third-order valence-corrected chi connectivity index (χ3v) is 2.05. The van der Waals surface area contributed by atoms with Gasteiger partial charge in [-0.05, 0) is 19.4 Å². The van der Waals surface area contributed by atoms with E-state index in [-0.39, 0.29) is 5.91 Å². The molecule has 96 valence electrons. The zero-order valence-electron chi connectivity index (χ0n) is 10.0. The van der Waals surface area contributed by atoms with Crippen molar-refractivity contribution in [3.8, 4) is 0 Å². The number of aromatic nitrogens is 2. The van der Waals surface area contributed by atoms with Gasteiger partial charge in [-0.15, -0.1) is 5.10 Å². The van der Waals surface area contributed by atoms with Gasteiger partial charge >= 0.3 is 6.01 Å². The summed E-state index contributed by atoms with van der Waals surface area (Å²) in [6.07, 6.45) is 2.07. The van der Waals surface area contributed by atoms with Crippen LogP contribution in [0, 0.1) is 0 Å². The zero-order valence-corrected chi connectivity index (χ0v) is 10.0. The molecule has 4 N–H and O–H groups in total. The number of rotatable bonds is 9. The highest BCUT2D eigenvalue weighted by Gasteiger charge is 2.04. The van der Waals surface area contributed by atoms with Gasteiger partial charge in [0.05, 0.1) is 6.54 Å². The molecule has 1 heterocycles. The summed E-state index contributed by atoms with van der Waals surface area (Å²) in [4.78, 5) is 10.5. The Hall–Kier alpha value is -1.63. The monoisotopic (exact) mass is 241 g/mol. The van der Waals surface area contributed by atoms with E-state index in [9.17, 15) is 4.79 Å². The molecule has 0 saturated carbocycles. The Labute approximate surface area is 100 Å². The van der Waals surface area contributed by atoms with Crippen LogP contribution >= 0.6 is 0 Å². The first kappa shape index (κ1) is 13.4. The highest BCUT2D eigenvalue weighted by Crippen LogP contribution is 2.05. The van der Waals surface area contributed by atoms with Gasteiger partial charge in [-0.25, -0.2) is 0 Å². The summed E-state index contributed by atoms with van der Waals surface area (Å²) < 4.78 is 5.33. The molecule has 0 fully saturated rings. The summed E-state index contributed by atoms with van der Waals surface area (Å²) >= 11 is 0. The van der Waals surface area contributed by atoms with E-state index >= 15 is 0 Å². The predicted molar refractivity (Wildman–Crippen MR) is 63.2 cm³/mol. The molecule has 1 amide bonds. The summed E-state index contributed by atoms with van der Waals surface area (Å²) in [7, 11) is 0. The quantitative estimate of drug-likeness (QED) is 0.535. The van der Waals surface area contributed by atoms with E-state index in [1.807, 2.05) is 0 Å². The number of primary amides is 1. The average molecular weight is 241 g/mol. The maximum Gasteiger partial charge on any atom is 0.315 e. The lowest BCUT2D eigenvalue weighted by atomic mass is 10.3. The highest BCUT2D eigenvalue weighted by atomic mass is 16.4. The van der Waals surface area contributed by atoms with Crippen LogP contribution in [0.15, 0.2) is 4.42 Å². The number of hydrogen-bond acceptors (Lipinski definition) is 6. The number of nitrogens with one attached hydrogen (secondary N) is 2. The van der Waals surface area contributed by atoms with Gasteiger partial charge in [0.15, 0.2) is 0 Å². The second kappa shape index (κ2) is 7.61. The molecule has 7 nitrogen and oxygen atoms in total. The molecular weight excluding hydrogens is 222 g/mol. The zero-order chi connectivity index (χ0) is 12.5. The first-order valence-corrected chi connectivity index (χ1v) is 5.77. The fourth-order valence-electron chi connectivity index (χ4n) is 1.23. The van der Waals surface area contributed by atoms with Crippen LogP contribution in [0.2, 0.25) is 0 Å². The van der Waals surface area contributed by atoms with E-state index < -0.39 is 0 Å². The Bertz CT molecular complexity index is 339.